The van der Waals surface area contributed by atoms with Gasteiger partial charge >= 0.3 is 5.97 Å². The molecule has 1 rings (SSSR count). The monoisotopic (exact) mass is 255 g/mol. The van der Waals surface area contributed by atoms with Crippen LogP contribution in [0.15, 0.2) is 18.2 Å². The van der Waals surface area contributed by atoms with E-state index in [9.17, 15) is 4.79 Å². The van der Waals surface area contributed by atoms with Gasteiger partial charge in [0.1, 0.15) is 0 Å². The number of nitrogens with one attached hydrogen (secondary N) is 1. The zero-order chi connectivity index (χ0) is 13.1. The second kappa shape index (κ2) is 5.41. The highest BCUT2D eigenvalue weighted by Crippen LogP contribution is 2.25. The summed E-state index contributed by atoms with van der Waals surface area (Å²) in [5.74, 6) is -0.361. The smallest absolute Gasteiger partial charge is 0.337 e. The van der Waals surface area contributed by atoms with Gasteiger partial charge in [0, 0.05) is 6.54 Å². The number of rotatable bonds is 3. The van der Waals surface area contributed by atoms with E-state index >= 15 is 0 Å². The maximum absolute atomic E-state index is 11.4. The second-order valence-corrected chi connectivity index (χ2v) is 5.51. The average molecular weight is 256 g/mol. The van der Waals surface area contributed by atoms with Crippen LogP contribution in [0.3, 0.4) is 0 Å². The number of carbonyl (C=O) groups excluding carboxylic acids is 1. The fourth-order valence-corrected chi connectivity index (χ4v) is 1.45. The third-order valence-electron chi connectivity index (χ3n) is 2.20. The molecule has 0 aromatic heterocycles. The lowest BCUT2D eigenvalue weighted by atomic mass is 9.97. The summed E-state index contributed by atoms with van der Waals surface area (Å²) >= 11 is 6.06. The molecule has 0 radical (unpaired) electrons. The molecule has 0 aliphatic heterocycles. The van der Waals surface area contributed by atoms with Crippen LogP contribution in [0.2, 0.25) is 5.02 Å². The number of methoxy groups -OCH3 is 1. The molecular weight excluding hydrogens is 238 g/mol. The molecule has 3 nitrogen and oxygen atoms in total. The van der Waals surface area contributed by atoms with Crippen LogP contribution < -0.4 is 5.32 Å². The van der Waals surface area contributed by atoms with Crippen LogP contribution in [0, 0.1) is 5.41 Å². The summed E-state index contributed by atoms with van der Waals surface area (Å²) in [6, 6.07) is 5.05. The van der Waals surface area contributed by atoms with Gasteiger partial charge in [-0.25, -0.2) is 4.79 Å². The highest BCUT2D eigenvalue weighted by molar-refractivity contribution is 6.33. The van der Waals surface area contributed by atoms with Crippen molar-refractivity contribution < 1.29 is 9.53 Å². The molecule has 0 aliphatic rings. The number of carbonyl (C=O) groups is 1. The minimum Gasteiger partial charge on any atom is -0.465 e. The lowest BCUT2D eigenvalue weighted by Gasteiger charge is -2.20. The summed E-state index contributed by atoms with van der Waals surface area (Å²) in [7, 11) is 1.36. The highest BCUT2D eigenvalue weighted by atomic mass is 35.5. The van der Waals surface area contributed by atoms with Gasteiger partial charge in [-0.15, -0.1) is 0 Å². The number of benzene rings is 1. The quantitative estimate of drug-likeness (QED) is 0.839. The Balaban J connectivity index is 2.87. The maximum atomic E-state index is 11.4. The van der Waals surface area contributed by atoms with E-state index in [2.05, 4.69) is 30.8 Å². The van der Waals surface area contributed by atoms with Crippen molar-refractivity contribution >= 4 is 23.3 Å². The van der Waals surface area contributed by atoms with E-state index in [-0.39, 0.29) is 11.4 Å². The van der Waals surface area contributed by atoms with Crippen molar-refractivity contribution in [2.24, 2.45) is 5.41 Å². The molecule has 1 N–H and O–H groups in total. The summed E-state index contributed by atoms with van der Waals surface area (Å²) in [6.07, 6.45) is 0. The van der Waals surface area contributed by atoms with Crippen molar-refractivity contribution in [3.63, 3.8) is 0 Å². The Morgan fingerprint density at radius 3 is 2.59 bits per heavy atom. The molecule has 4 heteroatoms. The van der Waals surface area contributed by atoms with Crippen LogP contribution in [0.4, 0.5) is 5.69 Å². The predicted molar refractivity (Wildman–Crippen MR) is 70.7 cm³/mol. The topological polar surface area (TPSA) is 38.3 Å². The van der Waals surface area contributed by atoms with E-state index < -0.39 is 0 Å². The van der Waals surface area contributed by atoms with Crippen molar-refractivity contribution in [1.82, 2.24) is 0 Å². The van der Waals surface area contributed by atoms with Crippen molar-refractivity contribution in [2.75, 3.05) is 19.0 Å². The average Bonchev–Trinajstić information content (AvgIpc) is 2.26. The van der Waals surface area contributed by atoms with Gasteiger partial charge in [-0.05, 0) is 23.6 Å². The predicted octanol–water partition coefficient (Wildman–Crippen LogP) is 3.58. The fraction of sp³-hybridized carbons (Fsp3) is 0.462. The molecule has 0 amide bonds. The standard InChI is InChI=1S/C13H18ClNO2/c1-13(2,3)8-15-11-7-9(12(16)17-4)5-6-10(11)14/h5-7,15H,8H2,1-4H3. The molecular formula is C13H18ClNO2. The van der Waals surface area contributed by atoms with Crippen LogP contribution in [-0.2, 0) is 4.74 Å². The molecule has 1 aromatic rings. The van der Waals surface area contributed by atoms with E-state index in [0.29, 0.717) is 10.6 Å². The van der Waals surface area contributed by atoms with Crippen molar-refractivity contribution in [1.29, 1.82) is 0 Å². The van der Waals surface area contributed by atoms with Crippen LogP contribution in [-0.4, -0.2) is 19.6 Å². The molecule has 0 atom stereocenters. The summed E-state index contributed by atoms with van der Waals surface area (Å²) in [6.45, 7) is 7.14. The minimum atomic E-state index is -0.361. The van der Waals surface area contributed by atoms with Gasteiger partial charge in [-0.3, -0.25) is 0 Å². The van der Waals surface area contributed by atoms with Crippen molar-refractivity contribution in [3.8, 4) is 0 Å². The summed E-state index contributed by atoms with van der Waals surface area (Å²) in [5, 5.41) is 3.83. The molecule has 0 bridgehead atoms. The molecule has 0 fully saturated rings. The fourth-order valence-electron chi connectivity index (χ4n) is 1.27. The number of hydrogen-bond donors (Lipinski definition) is 1. The molecule has 94 valence electrons. The first kappa shape index (κ1) is 13.8. The summed E-state index contributed by atoms with van der Waals surface area (Å²) in [5.41, 5.74) is 1.39. The first-order valence-corrected chi connectivity index (χ1v) is 5.83. The molecule has 17 heavy (non-hydrogen) atoms. The summed E-state index contributed by atoms with van der Waals surface area (Å²) < 4.78 is 4.67. The Kier molecular flexibility index (Phi) is 4.40. The van der Waals surface area contributed by atoms with Gasteiger partial charge < -0.3 is 10.1 Å². The maximum Gasteiger partial charge on any atom is 0.337 e. The Hall–Kier alpha value is -1.22. The normalized spacial score (nSPS) is 11.1. The van der Waals surface area contributed by atoms with Crippen LogP contribution in [0.25, 0.3) is 0 Å². The van der Waals surface area contributed by atoms with E-state index in [1.807, 2.05) is 0 Å². The third kappa shape index (κ3) is 4.27. The van der Waals surface area contributed by atoms with Gasteiger partial charge in [0.2, 0.25) is 0 Å². The molecule has 0 unspecified atom stereocenters. The third-order valence-corrected chi connectivity index (χ3v) is 2.53. The van der Waals surface area contributed by atoms with Gasteiger partial charge in [0.05, 0.1) is 23.4 Å². The first-order chi connectivity index (χ1) is 7.83. The van der Waals surface area contributed by atoms with E-state index in [0.717, 1.165) is 12.2 Å². The molecule has 0 saturated heterocycles. The zero-order valence-electron chi connectivity index (χ0n) is 10.6. The van der Waals surface area contributed by atoms with E-state index in [4.69, 9.17) is 11.6 Å². The lowest BCUT2D eigenvalue weighted by molar-refractivity contribution is 0.0601. The van der Waals surface area contributed by atoms with Crippen molar-refractivity contribution in [2.45, 2.75) is 20.8 Å². The molecule has 0 aliphatic carbocycles. The number of hydrogen-bond acceptors (Lipinski definition) is 3. The van der Waals surface area contributed by atoms with Gasteiger partial charge in [0.25, 0.3) is 0 Å². The number of esters is 1. The Labute approximate surface area is 107 Å². The Morgan fingerprint density at radius 1 is 1.41 bits per heavy atom. The van der Waals surface area contributed by atoms with Gasteiger partial charge in [-0.1, -0.05) is 32.4 Å². The van der Waals surface area contributed by atoms with E-state index in [1.54, 1.807) is 18.2 Å². The lowest BCUT2D eigenvalue weighted by Crippen LogP contribution is -2.19. The molecule has 0 saturated carbocycles. The number of ether oxygens (including phenoxy) is 1. The van der Waals surface area contributed by atoms with Crippen LogP contribution in [0.1, 0.15) is 31.1 Å². The van der Waals surface area contributed by atoms with Gasteiger partial charge in [0.15, 0.2) is 0 Å². The number of anilines is 1. The first-order valence-electron chi connectivity index (χ1n) is 5.45. The summed E-state index contributed by atoms with van der Waals surface area (Å²) in [4.78, 5) is 11.4. The van der Waals surface area contributed by atoms with Crippen LogP contribution >= 0.6 is 11.6 Å². The minimum absolute atomic E-state index is 0.143. The molecule has 1 aromatic carbocycles. The van der Waals surface area contributed by atoms with Crippen molar-refractivity contribution in [3.05, 3.63) is 28.8 Å². The molecule has 0 spiro atoms. The van der Waals surface area contributed by atoms with Gasteiger partial charge in [-0.2, -0.15) is 0 Å². The zero-order valence-corrected chi connectivity index (χ0v) is 11.4. The second-order valence-electron chi connectivity index (χ2n) is 5.10. The highest BCUT2D eigenvalue weighted by Gasteiger charge is 2.12. The Bertz CT molecular complexity index is 410. The van der Waals surface area contributed by atoms with Crippen LogP contribution in [0.5, 0.6) is 0 Å². The number of halogens is 1. The SMILES string of the molecule is COC(=O)c1ccc(Cl)c(NCC(C)(C)C)c1. The Morgan fingerprint density at radius 2 is 2.06 bits per heavy atom. The largest absolute Gasteiger partial charge is 0.465 e. The molecule has 0 heterocycles. The van der Waals surface area contributed by atoms with E-state index in [1.165, 1.54) is 7.11 Å².